The van der Waals surface area contributed by atoms with Gasteiger partial charge in [-0.05, 0) is 90.3 Å². The van der Waals surface area contributed by atoms with Crippen molar-refractivity contribution in [3.05, 3.63) is 169 Å². The van der Waals surface area contributed by atoms with Gasteiger partial charge in [0.1, 0.15) is 5.75 Å². The molecular formula is C45H40F2N10O5. The number of ether oxygens (including phenoxy) is 1. The Labute approximate surface area is 353 Å². The SMILES string of the molecule is CCN(Cc1ccccc1)C(=O)c1noc2cc(NC(=O)NCc3ccncc3)ccc12.NC(=O)N(Cc1ccncc1)c1ccc2cn(-c3cccc(OC(F)F)c3)nc2c1. The molecule has 62 heavy (non-hydrogen) atoms. The van der Waals surface area contributed by atoms with E-state index in [1.54, 1.807) is 95.2 Å². The minimum Gasteiger partial charge on any atom is -0.435 e. The van der Waals surface area contributed by atoms with Crippen LogP contribution in [0.2, 0.25) is 0 Å². The largest absolute Gasteiger partial charge is 0.435 e. The number of carbonyl (C=O) groups is 3. The van der Waals surface area contributed by atoms with Gasteiger partial charge < -0.3 is 30.5 Å². The van der Waals surface area contributed by atoms with Gasteiger partial charge >= 0.3 is 18.7 Å². The molecule has 0 bridgehead atoms. The Morgan fingerprint density at radius 3 is 2.26 bits per heavy atom. The summed E-state index contributed by atoms with van der Waals surface area (Å²) < 4.78 is 36.3. The van der Waals surface area contributed by atoms with Crippen LogP contribution in [-0.4, -0.2) is 60.9 Å². The number of amides is 5. The first-order chi connectivity index (χ1) is 30.1. The van der Waals surface area contributed by atoms with Gasteiger partial charge in [-0.3, -0.25) is 19.7 Å². The number of hydrogen-bond donors (Lipinski definition) is 3. The molecule has 4 aromatic carbocycles. The maximum absolute atomic E-state index is 13.1. The zero-order valence-corrected chi connectivity index (χ0v) is 33.3. The van der Waals surface area contributed by atoms with Gasteiger partial charge in [0.15, 0.2) is 11.3 Å². The molecule has 4 heterocycles. The number of urea groups is 2. The number of primary amides is 1. The third-order valence-corrected chi connectivity index (χ3v) is 9.49. The normalized spacial score (nSPS) is 10.8. The number of nitrogens with one attached hydrogen (secondary N) is 2. The molecular weight excluding hydrogens is 799 g/mol. The molecule has 0 spiro atoms. The number of nitrogens with zero attached hydrogens (tertiary/aromatic N) is 7. The standard InChI is InChI=1S/C24H23N5O3.C21H17F2N5O2/c1-2-29(16-18-6-4-3-5-7-18)23(30)22-20-9-8-19(14-21(20)32-28-22)27-24(31)26-15-17-10-12-25-13-11-17;22-20(23)30-18-3-1-2-17(10-18)28-13-15-4-5-16(11-19(15)26-28)27(21(24)29)12-14-6-8-25-9-7-14/h3-14H,2,15-16H2,1H3,(H2,26,27,31);1-11,13,20H,12H2,(H2,24,29). The number of benzene rings is 4. The second-order valence-corrected chi connectivity index (χ2v) is 13.7. The van der Waals surface area contributed by atoms with Crippen molar-refractivity contribution in [2.45, 2.75) is 33.2 Å². The maximum Gasteiger partial charge on any atom is 0.387 e. The van der Waals surface area contributed by atoms with Crippen LogP contribution < -0.4 is 26.0 Å². The fourth-order valence-electron chi connectivity index (χ4n) is 6.38. The Morgan fingerprint density at radius 1 is 0.823 bits per heavy atom. The molecule has 314 valence electrons. The topological polar surface area (TPSA) is 187 Å². The van der Waals surface area contributed by atoms with Crippen molar-refractivity contribution in [3.8, 4) is 11.4 Å². The quantitative estimate of drug-likeness (QED) is 0.103. The van der Waals surface area contributed by atoms with E-state index in [2.05, 4.69) is 35.6 Å². The van der Waals surface area contributed by atoms with Crippen LogP contribution in [0, 0.1) is 0 Å². The highest BCUT2D eigenvalue weighted by atomic mass is 19.3. The molecule has 0 radical (unpaired) electrons. The van der Waals surface area contributed by atoms with Crippen molar-refractivity contribution < 1.29 is 32.4 Å². The molecule has 4 aromatic heterocycles. The van der Waals surface area contributed by atoms with Crippen molar-refractivity contribution >= 4 is 51.2 Å². The summed E-state index contributed by atoms with van der Waals surface area (Å²) in [5.41, 5.74) is 11.4. The molecule has 0 atom stereocenters. The van der Waals surface area contributed by atoms with Crippen molar-refractivity contribution in [2.24, 2.45) is 5.73 Å². The van der Waals surface area contributed by atoms with Crippen LogP contribution in [0.15, 0.2) is 151 Å². The third kappa shape index (κ3) is 10.7. The van der Waals surface area contributed by atoms with Crippen LogP contribution in [0.1, 0.15) is 34.1 Å². The van der Waals surface area contributed by atoms with E-state index in [1.807, 2.05) is 55.5 Å². The highest BCUT2D eigenvalue weighted by Crippen LogP contribution is 2.27. The summed E-state index contributed by atoms with van der Waals surface area (Å²) in [6.45, 7) is 0.722. The third-order valence-electron chi connectivity index (χ3n) is 9.49. The van der Waals surface area contributed by atoms with Crippen LogP contribution in [0.5, 0.6) is 5.75 Å². The number of pyridine rings is 2. The lowest BCUT2D eigenvalue weighted by molar-refractivity contribution is -0.0498. The van der Waals surface area contributed by atoms with Crippen LogP contribution in [0.25, 0.3) is 27.6 Å². The number of rotatable bonds is 13. The van der Waals surface area contributed by atoms with Crippen molar-refractivity contribution in [1.82, 2.24) is 35.1 Å². The first-order valence-electron chi connectivity index (χ1n) is 19.3. The molecule has 0 aliphatic rings. The van der Waals surface area contributed by atoms with E-state index < -0.39 is 12.6 Å². The zero-order valence-electron chi connectivity index (χ0n) is 33.3. The number of carbonyl (C=O) groups excluding carboxylic acids is 3. The van der Waals surface area contributed by atoms with E-state index in [-0.39, 0.29) is 29.9 Å². The fraction of sp³-hybridized carbons (Fsp3) is 0.133. The van der Waals surface area contributed by atoms with E-state index in [1.165, 1.54) is 17.0 Å². The Hall–Kier alpha value is -8.21. The number of halogens is 2. The summed E-state index contributed by atoms with van der Waals surface area (Å²) in [6.07, 6.45) is 8.39. The van der Waals surface area contributed by atoms with Gasteiger partial charge in [0.2, 0.25) is 0 Å². The molecule has 17 heteroatoms. The van der Waals surface area contributed by atoms with Gasteiger partial charge in [-0.15, -0.1) is 0 Å². The Balaban J connectivity index is 0.000000187. The molecule has 0 aliphatic carbocycles. The van der Waals surface area contributed by atoms with Gasteiger partial charge in [-0.2, -0.15) is 13.9 Å². The van der Waals surface area contributed by atoms with E-state index in [0.29, 0.717) is 53.2 Å². The average molecular weight is 839 g/mol. The van der Waals surface area contributed by atoms with Crippen molar-refractivity contribution in [2.75, 3.05) is 16.8 Å². The summed E-state index contributed by atoms with van der Waals surface area (Å²) >= 11 is 0. The summed E-state index contributed by atoms with van der Waals surface area (Å²) in [4.78, 5) is 48.3. The first-order valence-corrected chi connectivity index (χ1v) is 19.3. The predicted molar refractivity (Wildman–Crippen MR) is 229 cm³/mol. The van der Waals surface area contributed by atoms with Gasteiger partial charge in [0.05, 0.1) is 23.1 Å². The molecule has 0 fully saturated rings. The summed E-state index contributed by atoms with van der Waals surface area (Å²) in [5, 5.41) is 15.5. The maximum atomic E-state index is 13.1. The summed E-state index contributed by atoms with van der Waals surface area (Å²) in [7, 11) is 0. The van der Waals surface area contributed by atoms with Gasteiger partial charge in [0.25, 0.3) is 5.91 Å². The number of fused-ring (bicyclic) bond motifs is 2. The molecule has 8 aromatic rings. The number of alkyl halides is 2. The average Bonchev–Trinajstić information content (AvgIpc) is 3.92. The van der Waals surface area contributed by atoms with Crippen LogP contribution in [0.4, 0.5) is 29.7 Å². The van der Waals surface area contributed by atoms with Crippen LogP contribution >= 0.6 is 0 Å². The number of anilines is 2. The Bertz CT molecular complexity index is 2770. The molecule has 4 N–H and O–H groups in total. The Morgan fingerprint density at radius 2 is 1.55 bits per heavy atom. The smallest absolute Gasteiger partial charge is 0.387 e. The molecule has 0 unspecified atom stereocenters. The highest BCUT2D eigenvalue weighted by Gasteiger charge is 2.22. The molecule has 0 saturated heterocycles. The van der Waals surface area contributed by atoms with E-state index in [4.69, 9.17) is 10.3 Å². The van der Waals surface area contributed by atoms with Crippen LogP contribution in [0.3, 0.4) is 0 Å². The summed E-state index contributed by atoms with van der Waals surface area (Å²) in [6, 6.07) is 32.8. The highest BCUT2D eigenvalue weighted by molar-refractivity contribution is 6.05. The minimum atomic E-state index is -2.90. The van der Waals surface area contributed by atoms with E-state index >= 15 is 0 Å². The van der Waals surface area contributed by atoms with Gasteiger partial charge in [-0.25, -0.2) is 14.3 Å². The summed E-state index contributed by atoms with van der Waals surface area (Å²) in [5.74, 6) is -0.161. The van der Waals surface area contributed by atoms with Crippen LogP contribution in [-0.2, 0) is 19.6 Å². The van der Waals surface area contributed by atoms with E-state index in [0.717, 1.165) is 22.1 Å². The first kappa shape index (κ1) is 41.9. The Kier molecular flexibility index (Phi) is 13.3. The fourth-order valence-corrected chi connectivity index (χ4v) is 6.38. The van der Waals surface area contributed by atoms with Gasteiger partial charge in [0, 0.05) is 79.5 Å². The molecule has 0 aliphatic heterocycles. The second kappa shape index (κ2) is 19.7. The van der Waals surface area contributed by atoms with Crippen molar-refractivity contribution in [3.63, 3.8) is 0 Å². The van der Waals surface area contributed by atoms with Gasteiger partial charge in [-0.1, -0.05) is 41.6 Å². The second-order valence-electron chi connectivity index (χ2n) is 13.7. The van der Waals surface area contributed by atoms with E-state index in [9.17, 15) is 23.2 Å². The lowest BCUT2D eigenvalue weighted by Gasteiger charge is -2.20. The lowest BCUT2D eigenvalue weighted by Crippen LogP contribution is -2.35. The zero-order chi connectivity index (χ0) is 43.4. The minimum absolute atomic E-state index is 0.0417. The predicted octanol–water partition coefficient (Wildman–Crippen LogP) is 8.31. The molecule has 0 saturated carbocycles. The lowest BCUT2D eigenvalue weighted by atomic mass is 10.1. The monoisotopic (exact) mass is 838 g/mol. The van der Waals surface area contributed by atoms with Crippen molar-refractivity contribution in [1.29, 1.82) is 0 Å². The number of nitrogens with two attached hydrogens (primary N) is 1. The molecule has 8 rings (SSSR count). The number of aromatic nitrogens is 5. The number of hydrogen-bond acceptors (Lipinski definition) is 9. The molecule has 5 amide bonds. The molecule has 15 nitrogen and oxygen atoms in total.